The summed E-state index contributed by atoms with van der Waals surface area (Å²) >= 11 is 0. The number of furan rings is 1. The fourth-order valence-corrected chi connectivity index (χ4v) is 15.1. The summed E-state index contributed by atoms with van der Waals surface area (Å²) in [6.07, 6.45) is 0. The van der Waals surface area contributed by atoms with Gasteiger partial charge in [0.05, 0.1) is 5.69 Å². The maximum Gasteiger partial charge on any atom is 0.180 e. The first kappa shape index (κ1) is 33.7. The van der Waals surface area contributed by atoms with Crippen molar-refractivity contribution in [2.75, 3.05) is 4.90 Å². The summed E-state index contributed by atoms with van der Waals surface area (Å²) in [7, 11) is -2.90. The number of para-hydroxylation sites is 1. The van der Waals surface area contributed by atoms with E-state index in [2.05, 4.69) is 223 Å². The normalized spacial score (nSPS) is 12.9. The first-order valence-corrected chi connectivity index (χ1v) is 22.3. The molecule has 11 aromatic rings. The Labute approximate surface area is 343 Å². The lowest BCUT2D eigenvalue weighted by Gasteiger charge is -2.33. The molecule has 0 fully saturated rings. The van der Waals surface area contributed by atoms with Crippen LogP contribution in [0.5, 0.6) is 0 Å². The van der Waals surface area contributed by atoms with Crippen LogP contribution in [0.4, 0.5) is 17.1 Å². The van der Waals surface area contributed by atoms with Gasteiger partial charge in [0, 0.05) is 33.8 Å². The average molecular weight is 768 g/mol. The lowest BCUT2D eigenvalue weighted by molar-refractivity contribution is 0.669. The van der Waals surface area contributed by atoms with Gasteiger partial charge in [0.15, 0.2) is 8.07 Å². The minimum atomic E-state index is -2.90. The van der Waals surface area contributed by atoms with Crippen LogP contribution in [0, 0.1) is 0 Å². The van der Waals surface area contributed by atoms with Gasteiger partial charge in [0.25, 0.3) is 0 Å². The highest BCUT2D eigenvalue weighted by atomic mass is 28.3. The number of nitrogens with zero attached hydrogens (tertiary/aromatic N) is 1. The number of benzene rings is 10. The van der Waals surface area contributed by atoms with Gasteiger partial charge in [-0.25, -0.2) is 0 Å². The SMILES string of the molecule is c1ccc(-c2ccc(N(c3ccc4c(c3)oc3ccccc34)c3cccc4c3-c3ccccc3[Si]4(c3ccc4ccccc4c3)c3ccc4ccccc4c3)cc2)cc1. The first-order valence-electron chi connectivity index (χ1n) is 20.3. The molecule has 59 heavy (non-hydrogen) atoms. The van der Waals surface area contributed by atoms with Crippen molar-refractivity contribution in [1.29, 1.82) is 0 Å². The van der Waals surface area contributed by atoms with Gasteiger partial charge in [-0.15, -0.1) is 0 Å². The molecule has 1 aromatic heterocycles. The molecule has 0 amide bonds. The minimum absolute atomic E-state index is 0.874. The topological polar surface area (TPSA) is 16.4 Å². The molecule has 0 saturated heterocycles. The summed E-state index contributed by atoms with van der Waals surface area (Å²) in [6.45, 7) is 0. The smallest absolute Gasteiger partial charge is 0.180 e. The third kappa shape index (κ3) is 5.18. The summed E-state index contributed by atoms with van der Waals surface area (Å²) in [5, 5.41) is 12.9. The first-order chi connectivity index (χ1) is 29.2. The zero-order valence-corrected chi connectivity index (χ0v) is 33.2. The van der Waals surface area contributed by atoms with Crippen molar-refractivity contribution in [1.82, 2.24) is 0 Å². The van der Waals surface area contributed by atoms with Crippen molar-refractivity contribution in [3.63, 3.8) is 0 Å². The highest BCUT2D eigenvalue weighted by Gasteiger charge is 2.50. The van der Waals surface area contributed by atoms with Crippen molar-refractivity contribution in [2.24, 2.45) is 0 Å². The summed E-state index contributed by atoms with van der Waals surface area (Å²) in [4.78, 5) is 2.45. The van der Waals surface area contributed by atoms with E-state index in [1.165, 1.54) is 64.5 Å². The van der Waals surface area contributed by atoms with Crippen LogP contribution in [0.25, 0.3) is 65.7 Å². The Kier molecular flexibility index (Phi) is 7.59. The summed E-state index contributed by atoms with van der Waals surface area (Å²) < 4.78 is 6.54. The second-order valence-corrected chi connectivity index (χ2v) is 19.4. The van der Waals surface area contributed by atoms with Gasteiger partial charge >= 0.3 is 0 Å². The Bertz CT molecular complexity index is 3320. The van der Waals surface area contributed by atoms with Crippen molar-refractivity contribution in [3.05, 3.63) is 224 Å². The molecular formula is C56H37NOSi. The number of fused-ring (bicyclic) bond motifs is 8. The van der Waals surface area contributed by atoms with Crippen LogP contribution < -0.4 is 25.6 Å². The molecule has 276 valence electrons. The Morgan fingerprint density at radius 1 is 0.356 bits per heavy atom. The number of hydrogen-bond donors (Lipinski definition) is 0. The molecule has 0 aliphatic carbocycles. The van der Waals surface area contributed by atoms with Crippen molar-refractivity contribution in [3.8, 4) is 22.3 Å². The predicted octanol–water partition coefficient (Wildman–Crippen LogP) is 12.4. The molecule has 12 rings (SSSR count). The van der Waals surface area contributed by atoms with Gasteiger partial charge in [0.1, 0.15) is 11.2 Å². The summed E-state index contributed by atoms with van der Waals surface area (Å²) in [5.74, 6) is 0. The molecule has 1 aliphatic heterocycles. The predicted molar refractivity (Wildman–Crippen MR) is 251 cm³/mol. The van der Waals surface area contributed by atoms with Crippen molar-refractivity contribution < 1.29 is 4.42 Å². The third-order valence-corrected chi connectivity index (χ3v) is 17.3. The molecule has 0 bridgehead atoms. The molecule has 0 spiro atoms. The summed E-state index contributed by atoms with van der Waals surface area (Å²) in [5.41, 5.74) is 10.0. The molecule has 10 aromatic carbocycles. The molecular weight excluding hydrogens is 731 g/mol. The second-order valence-electron chi connectivity index (χ2n) is 15.6. The van der Waals surface area contributed by atoms with E-state index in [0.717, 1.165) is 39.0 Å². The molecule has 2 heterocycles. The molecule has 0 radical (unpaired) electrons. The van der Waals surface area contributed by atoms with Crippen LogP contribution in [0.3, 0.4) is 0 Å². The van der Waals surface area contributed by atoms with Gasteiger partial charge in [-0.05, 0) is 95.4 Å². The zero-order chi connectivity index (χ0) is 38.9. The van der Waals surface area contributed by atoms with Crippen molar-refractivity contribution >= 4 is 89.4 Å². The molecule has 0 saturated carbocycles. The number of hydrogen-bond acceptors (Lipinski definition) is 2. The van der Waals surface area contributed by atoms with Gasteiger partial charge in [-0.1, -0.05) is 182 Å². The minimum Gasteiger partial charge on any atom is -0.456 e. The third-order valence-electron chi connectivity index (χ3n) is 12.5. The van der Waals surface area contributed by atoms with Crippen LogP contribution in [-0.4, -0.2) is 8.07 Å². The quantitative estimate of drug-likeness (QED) is 0.157. The van der Waals surface area contributed by atoms with Gasteiger partial charge in [-0.2, -0.15) is 0 Å². The van der Waals surface area contributed by atoms with E-state index in [0.29, 0.717) is 0 Å². The molecule has 2 nitrogen and oxygen atoms in total. The second kappa shape index (κ2) is 13.3. The van der Waals surface area contributed by atoms with Crippen LogP contribution in [0.1, 0.15) is 0 Å². The molecule has 0 unspecified atom stereocenters. The van der Waals surface area contributed by atoms with Crippen LogP contribution in [0.2, 0.25) is 0 Å². The lowest BCUT2D eigenvalue weighted by atomic mass is 10.0. The maximum absolute atomic E-state index is 6.54. The average Bonchev–Trinajstić information content (AvgIpc) is 3.83. The van der Waals surface area contributed by atoms with E-state index >= 15 is 0 Å². The molecule has 3 heteroatoms. The summed E-state index contributed by atoms with van der Waals surface area (Å²) in [6, 6.07) is 82.9. The van der Waals surface area contributed by atoms with Crippen LogP contribution in [-0.2, 0) is 0 Å². The number of rotatable bonds is 6. The lowest BCUT2D eigenvalue weighted by Crippen LogP contribution is -2.72. The Morgan fingerprint density at radius 2 is 0.932 bits per heavy atom. The van der Waals surface area contributed by atoms with E-state index in [9.17, 15) is 0 Å². The maximum atomic E-state index is 6.54. The largest absolute Gasteiger partial charge is 0.456 e. The number of anilines is 3. The molecule has 1 aliphatic rings. The van der Waals surface area contributed by atoms with E-state index in [1.54, 1.807) is 0 Å². The van der Waals surface area contributed by atoms with Crippen LogP contribution in [0.15, 0.2) is 229 Å². The van der Waals surface area contributed by atoms with Gasteiger partial charge in [0.2, 0.25) is 0 Å². The van der Waals surface area contributed by atoms with Crippen molar-refractivity contribution in [2.45, 2.75) is 0 Å². The monoisotopic (exact) mass is 767 g/mol. The zero-order valence-electron chi connectivity index (χ0n) is 32.2. The Balaban J connectivity index is 1.15. The highest BCUT2D eigenvalue weighted by Crippen LogP contribution is 2.45. The molecule has 0 N–H and O–H groups in total. The highest BCUT2D eigenvalue weighted by molar-refractivity contribution is 7.22. The van der Waals surface area contributed by atoms with E-state index in [-0.39, 0.29) is 0 Å². The Hall–Kier alpha value is -7.46. The molecule has 0 atom stereocenters. The van der Waals surface area contributed by atoms with E-state index < -0.39 is 8.07 Å². The fraction of sp³-hybridized carbons (Fsp3) is 0. The van der Waals surface area contributed by atoms with Gasteiger partial charge in [-0.3, -0.25) is 0 Å². The standard InChI is InChI=1S/C56H37NOSi/c1-2-13-38(14-3-1)41-25-29-44(30-26-41)57(45-31-34-49-48-19-8-10-22-52(48)58-53(49)37-45)51-21-12-24-55-56(51)50-20-9-11-23-54(50)59(55,46-32-27-39-15-4-6-17-42(39)35-46)47-33-28-40-16-5-7-18-43(40)36-47/h1-37H. The van der Waals surface area contributed by atoms with Crippen LogP contribution >= 0.6 is 0 Å². The van der Waals surface area contributed by atoms with E-state index in [1.807, 2.05) is 6.07 Å². The van der Waals surface area contributed by atoms with Gasteiger partial charge < -0.3 is 9.32 Å². The Morgan fingerprint density at radius 3 is 1.68 bits per heavy atom. The fourth-order valence-electron chi connectivity index (χ4n) is 9.84. The van der Waals surface area contributed by atoms with E-state index in [4.69, 9.17) is 4.42 Å².